The lowest BCUT2D eigenvalue weighted by Crippen LogP contribution is -2.15. The van der Waals surface area contributed by atoms with Crippen molar-refractivity contribution in [3.8, 4) is 0 Å². The molecule has 3 nitrogen and oxygen atoms in total. The molecular formula is C16H21BrClN3. The van der Waals surface area contributed by atoms with Crippen molar-refractivity contribution in [2.24, 2.45) is 0 Å². The molecule has 0 amide bonds. The number of benzene rings is 1. The van der Waals surface area contributed by atoms with Gasteiger partial charge >= 0.3 is 0 Å². The zero-order valence-electron chi connectivity index (χ0n) is 12.7. The minimum Gasteiger partial charge on any atom is -0.313 e. The summed E-state index contributed by atoms with van der Waals surface area (Å²) in [6, 6.07) is 5.97. The highest BCUT2D eigenvalue weighted by Crippen LogP contribution is 2.23. The second-order valence-electron chi connectivity index (χ2n) is 5.22. The Labute approximate surface area is 139 Å². The van der Waals surface area contributed by atoms with Crippen molar-refractivity contribution in [2.75, 3.05) is 6.54 Å². The van der Waals surface area contributed by atoms with E-state index in [2.05, 4.69) is 47.1 Å². The molecule has 0 saturated heterocycles. The Hall–Kier alpha value is -0.840. The van der Waals surface area contributed by atoms with Crippen LogP contribution in [-0.2, 0) is 13.1 Å². The molecule has 0 aliphatic heterocycles. The second-order valence-corrected chi connectivity index (χ2v) is 6.54. The monoisotopic (exact) mass is 369 g/mol. The van der Waals surface area contributed by atoms with E-state index in [4.69, 9.17) is 11.6 Å². The Balaban J connectivity index is 2.19. The van der Waals surface area contributed by atoms with Crippen molar-refractivity contribution < 1.29 is 0 Å². The van der Waals surface area contributed by atoms with Crippen LogP contribution in [0.15, 0.2) is 22.7 Å². The number of aryl methyl sites for hydroxylation is 1. The van der Waals surface area contributed by atoms with Gasteiger partial charge in [0, 0.05) is 27.3 Å². The van der Waals surface area contributed by atoms with Gasteiger partial charge in [0.25, 0.3) is 0 Å². The zero-order valence-corrected chi connectivity index (χ0v) is 15.1. The first-order valence-corrected chi connectivity index (χ1v) is 8.37. The molecule has 1 aromatic carbocycles. The summed E-state index contributed by atoms with van der Waals surface area (Å²) in [5.74, 6) is 0. The van der Waals surface area contributed by atoms with Crippen LogP contribution in [0.1, 0.15) is 35.9 Å². The molecule has 21 heavy (non-hydrogen) atoms. The predicted molar refractivity (Wildman–Crippen MR) is 92.0 cm³/mol. The normalized spacial score (nSPS) is 11.1. The van der Waals surface area contributed by atoms with E-state index in [1.807, 2.05) is 22.9 Å². The Morgan fingerprint density at radius 3 is 2.76 bits per heavy atom. The number of hydrogen-bond donors (Lipinski definition) is 1. The number of aromatic nitrogens is 2. The SMILES string of the molecule is CCCNCc1c(C)nn(Cc2ccc(Br)cc2Cl)c1C. The van der Waals surface area contributed by atoms with Gasteiger partial charge in [-0.3, -0.25) is 4.68 Å². The van der Waals surface area contributed by atoms with Crippen molar-refractivity contribution in [1.82, 2.24) is 15.1 Å². The molecular weight excluding hydrogens is 350 g/mol. The van der Waals surface area contributed by atoms with Crippen molar-refractivity contribution >= 4 is 27.5 Å². The molecule has 0 fully saturated rings. The topological polar surface area (TPSA) is 29.9 Å². The summed E-state index contributed by atoms with van der Waals surface area (Å²) in [6.07, 6.45) is 1.14. The summed E-state index contributed by atoms with van der Waals surface area (Å²) in [5, 5.41) is 8.86. The second kappa shape index (κ2) is 7.43. The lowest BCUT2D eigenvalue weighted by Gasteiger charge is -2.08. The predicted octanol–water partition coefficient (Wildman–Crippen LogP) is 4.46. The largest absolute Gasteiger partial charge is 0.313 e. The Bertz CT molecular complexity index is 622. The summed E-state index contributed by atoms with van der Waals surface area (Å²) in [7, 11) is 0. The van der Waals surface area contributed by atoms with Crippen LogP contribution in [0.4, 0.5) is 0 Å². The lowest BCUT2D eigenvalue weighted by molar-refractivity contribution is 0.650. The van der Waals surface area contributed by atoms with E-state index in [9.17, 15) is 0 Å². The molecule has 0 atom stereocenters. The van der Waals surface area contributed by atoms with E-state index in [0.29, 0.717) is 6.54 Å². The van der Waals surface area contributed by atoms with E-state index in [1.165, 1.54) is 11.3 Å². The first-order chi connectivity index (χ1) is 10.0. The Morgan fingerprint density at radius 2 is 2.10 bits per heavy atom. The first kappa shape index (κ1) is 16.5. The van der Waals surface area contributed by atoms with Gasteiger partial charge in [-0.15, -0.1) is 0 Å². The fourth-order valence-corrected chi connectivity index (χ4v) is 3.08. The van der Waals surface area contributed by atoms with Gasteiger partial charge in [-0.25, -0.2) is 0 Å². The van der Waals surface area contributed by atoms with Gasteiger partial charge in [0.1, 0.15) is 0 Å². The molecule has 114 valence electrons. The molecule has 2 rings (SSSR count). The zero-order chi connectivity index (χ0) is 15.4. The maximum atomic E-state index is 6.30. The summed E-state index contributed by atoms with van der Waals surface area (Å²) in [6.45, 7) is 8.96. The van der Waals surface area contributed by atoms with Crippen LogP contribution in [0, 0.1) is 13.8 Å². The molecule has 0 bridgehead atoms. The molecule has 1 aromatic heterocycles. The van der Waals surface area contributed by atoms with Crippen molar-refractivity contribution in [2.45, 2.75) is 40.3 Å². The van der Waals surface area contributed by atoms with E-state index >= 15 is 0 Å². The first-order valence-electron chi connectivity index (χ1n) is 7.20. The third kappa shape index (κ3) is 4.09. The minimum absolute atomic E-state index is 0.701. The van der Waals surface area contributed by atoms with Crippen LogP contribution in [-0.4, -0.2) is 16.3 Å². The molecule has 5 heteroatoms. The van der Waals surface area contributed by atoms with Crippen molar-refractivity contribution in [3.63, 3.8) is 0 Å². The van der Waals surface area contributed by atoms with Crippen molar-refractivity contribution in [3.05, 3.63) is 50.2 Å². The van der Waals surface area contributed by atoms with E-state index in [-0.39, 0.29) is 0 Å². The van der Waals surface area contributed by atoms with Crippen LogP contribution in [0.5, 0.6) is 0 Å². The minimum atomic E-state index is 0.701. The maximum Gasteiger partial charge on any atom is 0.0677 e. The molecule has 0 spiro atoms. The van der Waals surface area contributed by atoms with Crippen LogP contribution >= 0.6 is 27.5 Å². The van der Waals surface area contributed by atoms with Gasteiger partial charge in [0.05, 0.1) is 12.2 Å². The lowest BCUT2D eigenvalue weighted by atomic mass is 10.2. The molecule has 0 aliphatic carbocycles. The fraction of sp³-hybridized carbons (Fsp3) is 0.438. The van der Waals surface area contributed by atoms with Crippen LogP contribution in [0.2, 0.25) is 5.02 Å². The molecule has 0 aliphatic rings. The molecule has 2 aromatic rings. The van der Waals surface area contributed by atoms with Crippen molar-refractivity contribution in [1.29, 1.82) is 0 Å². The van der Waals surface area contributed by atoms with Gasteiger partial charge in [-0.05, 0) is 44.5 Å². The van der Waals surface area contributed by atoms with Gasteiger partial charge in [-0.1, -0.05) is 40.5 Å². The summed E-state index contributed by atoms with van der Waals surface area (Å²) < 4.78 is 3.03. The average Bonchev–Trinajstić information content (AvgIpc) is 2.69. The maximum absolute atomic E-state index is 6.30. The third-order valence-electron chi connectivity index (χ3n) is 3.60. The highest BCUT2D eigenvalue weighted by Gasteiger charge is 2.12. The molecule has 0 saturated carbocycles. The van der Waals surface area contributed by atoms with Gasteiger partial charge in [0.2, 0.25) is 0 Å². The smallest absolute Gasteiger partial charge is 0.0677 e. The van der Waals surface area contributed by atoms with Gasteiger partial charge < -0.3 is 5.32 Å². The highest BCUT2D eigenvalue weighted by atomic mass is 79.9. The highest BCUT2D eigenvalue weighted by molar-refractivity contribution is 9.10. The van der Waals surface area contributed by atoms with Gasteiger partial charge in [-0.2, -0.15) is 5.10 Å². The van der Waals surface area contributed by atoms with E-state index in [0.717, 1.165) is 40.3 Å². The summed E-state index contributed by atoms with van der Waals surface area (Å²) in [5.41, 5.74) is 4.66. The number of rotatable bonds is 6. The fourth-order valence-electron chi connectivity index (χ4n) is 2.35. The van der Waals surface area contributed by atoms with Gasteiger partial charge in [0.15, 0.2) is 0 Å². The molecule has 1 N–H and O–H groups in total. The number of nitrogens with one attached hydrogen (secondary N) is 1. The quantitative estimate of drug-likeness (QED) is 0.761. The average molecular weight is 371 g/mol. The van der Waals surface area contributed by atoms with Crippen LogP contribution in [0.3, 0.4) is 0 Å². The van der Waals surface area contributed by atoms with E-state index in [1.54, 1.807) is 0 Å². The molecule has 0 unspecified atom stereocenters. The van der Waals surface area contributed by atoms with Crippen LogP contribution < -0.4 is 5.32 Å². The number of hydrogen-bond acceptors (Lipinski definition) is 2. The number of nitrogens with zero attached hydrogens (tertiary/aromatic N) is 2. The molecule has 1 heterocycles. The third-order valence-corrected chi connectivity index (χ3v) is 4.44. The molecule has 0 radical (unpaired) electrons. The Morgan fingerprint density at radius 1 is 1.33 bits per heavy atom. The van der Waals surface area contributed by atoms with Crippen LogP contribution in [0.25, 0.3) is 0 Å². The standard InChI is InChI=1S/C16H21BrClN3/c1-4-7-19-9-15-11(2)20-21(12(15)3)10-13-5-6-14(17)8-16(13)18/h5-6,8,19H,4,7,9-10H2,1-3H3. The van der Waals surface area contributed by atoms with E-state index < -0.39 is 0 Å². The summed E-state index contributed by atoms with van der Waals surface area (Å²) >= 11 is 9.73. The summed E-state index contributed by atoms with van der Waals surface area (Å²) in [4.78, 5) is 0. The number of halogens is 2. The Kier molecular flexibility index (Phi) is 5.85.